The number of carboxylic acids is 1. The van der Waals surface area contributed by atoms with Crippen LogP contribution < -0.4 is 10.2 Å². The van der Waals surface area contributed by atoms with Crippen LogP contribution in [-0.4, -0.2) is 42.6 Å². The van der Waals surface area contributed by atoms with Gasteiger partial charge in [-0.3, -0.25) is 4.79 Å². The SMILES string of the molecule is CNC(=O)CN(C)c1ccc(C(=O)O)cn1. The van der Waals surface area contributed by atoms with E-state index in [1.54, 1.807) is 25.1 Å². The average Bonchev–Trinajstić information content (AvgIpc) is 2.28. The van der Waals surface area contributed by atoms with Crippen LogP contribution in [0.1, 0.15) is 10.4 Å². The Morgan fingerprint density at radius 3 is 2.62 bits per heavy atom. The van der Waals surface area contributed by atoms with Gasteiger partial charge >= 0.3 is 5.97 Å². The Bertz CT molecular complexity index is 389. The normalized spacial score (nSPS) is 9.62. The lowest BCUT2D eigenvalue weighted by Gasteiger charge is -2.16. The fourth-order valence-corrected chi connectivity index (χ4v) is 1.11. The summed E-state index contributed by atoms with van der Waals surface area (Å²) >= 11 is 0. The molecule has 1 aromatic heterocycles. The van der Waals surface area contributed by atoms with Gasteiger partial charge in [0.2, 0.25) is 5.91 Å². The first-order chi connectivity index (χ1) is 7.54. The Kier molecular flexibility index (Phi) is 3.82. The van der Waals surface area contributed by atoms with Gasteiger partial charge in [-0.2, -0.15) is 0 Å². The molecule has 2 N–H and O–H groups in total. The van der Waals surface area contributed by atoms with E-state index >= 15 is 0 Å². The van der Waals surface area contributed by atoms with Gasteiger partial charge in [-0.15, -0.1) is 0 Å². The van der Waals surface area contributed by atoms with Gasteiger partial charge in [0.05, 0.1) is 12.1 Å². The van der Waals surface area contributed by atoms with E-state index in [4.69, 9.17) is 5.11 Å². The number of nitrogens with zero attached hydrogens (tertiary/aromatic N) is 2. The highest BCUT2D eigenvalue weighted by Gasteiger charge is 2.08. The van der Waals surface area contributed by atoms with Crippen molar-refractivity contribution in [2.75, 3.05) is 25.5 Å². The quantitative estimate of drug-likeness (QED) is 0.748. The molecule has 0 fully saturated rings. The Hall–Kier alpha value is -2.11. The van der Waals surface area contributed by atoms with E-state index < -0.39 is 5.97 Å². The molecule has 0 aliphatic heterocycles. The van der Waals surface area contributed by atoms with Crippen LogP contribution in [0.5, 0.6) is 0 Å². The van der Waals surface area contributed by atoms with Gasteiger partial charge < -0.3 is 15.3 Å². The first-order valence-corrected chi connectivity index (χ1v) is 4.65. The number of pyridine rings is 1. The maximum absolute atomic E-state index is 11.1. The van der Waals surface area contributed by atoms with Crippen molar-refractivity contribution in [1.29, 1.82) is 0 Å². The molecule has 6 nitrogen and oxygen atoms in total. The molecule has 16 heavy (non-hydrogen) atoms. The zero-order valence-corrected chi connectivity index (χ0v) is 9.10. The lowest BCUT2D eigenvalue weighted by atomic mass is 10.3. The minimum atomic E-state index is -1.02. The first kappa shape index (κ1) is 12.0. The molecule has 1 amide bonds. The molecule has 6 heteroatoms. The number of hydrogen-bond acceptors (Lipinski definition) is 4. The maximum Gasteiger partial charge on any atom is 0.337 e. The smallest absolute Gasteiger partial charge is 0.337 e. The van der Waals surface area contributed by atoms with Crippen LogP contribution >= 0.6 is 0 Å². The van der Waals surface area contributed by atoms with Gasteiger partial charge in [-0.05, 0) is 12.1 Å². The summed E-state index contributed by atoms with van der Waals surface area (Å²) in [6, 6.07) is 3.01. The second-order valence-electron chi connectivity index (χ2n) is 3.24. The van der Waals surface area contributed by atoms with E-state index in [0.717, 1.165) is 0 Å². The van der Waals surface area contributed by atoms with Crippen molar-refractivity contribution in [3.63, 3.8) is 0 Å². The summed E-state index contributed by atoms with van der Waals surface area (Å²) in [6.45, 7) is 0.177. The topological polar surface area (TPSA) is 82.5 Å². The predicted octanol–water partition coefficient (Wildman–Crippen LogP) is -0.0380. The summed E-state index contributed by atoms with van der Waals surface area (Å²) in [6.07, 6.45) is 1.26. The molecule has 0 aliphatic rings. The second-order valence-corrected chi connectivity index (χ2v) is 3.24. The van der Waals surface area contributed by atoms with Crippen LogP contribution in [0.4, 0.5) is 5.82 Å². The van der Waals surface area contributed by atoms with Gasteiger partial charge in [0.15, 0.2) is 0 Å². The summed E-state index contributed by atoms with van der Waals surface area (Å²) < 4.78 is 0. The third-order valence-electron chi connectivity index (χ3n) is 2.05. The number of carbonyl (C=O) groups is 2. The first-order valence-electron chi connectivity index (χ1n) is 4.65. The van der Waals surface area contributed by atoms with Crippen LogP contribution in [-0.2, 0) is 4.79 Å². The number of likely N-dealkylation sites (N-methyl/N-ethyl adjacent to an activating group) is 2. The summed E-state index contributed by atoms with van der Waals surface area (Å²) in [5.41, 5.74) is 0.122. The Balaban J connectivity index is 2.73. The number of rotatable bonds is 4. The van der Waals surface area contributed by atoms with Crippen molar-refractivity contribution in [3.05, 3.63) is 23.9 Å². The van der Waals surface area contributed by atoms with E-state index in [1.165, 1.54) is 12.3 Å². The molecule has 1 heterocycles. The largest absolute Gasteiger partial charge is 0.478 e. The number of amides is 1. The van der Waals surface area contributed by atoms with Crippen molar-refractivity contribution >= 4 is 17.7 Å². The van der Waals surface area contributed by atoms with Gasteiger partial charge in [0.25, 0.3) is 0 Å². The van der Waals surface area contributed by atoms with Crippen LogP contribution in [0.15, 0.2) is 18.3 Å². The van der Waals surface area contributed by atoms with E-state index in [0.29, 0.717) is 5.82 Å². The number of aromatic carboxylic acids is 1. The minimum Gasteiger partial charge on any atom is -0.478 e. The third kappa shape index (κ3) is 2.94. The standard InChI is InChI=1S/C10H13N3O3/c1-11-9(14)6-13(2)8-4-3-7(5-12-8)10(15)16/h3-5H,6H2,1-2H3,(H,11,14)(H,15,16). The minimum absolute atomic E-state index is 0.122. The molecule has 0 atom stereocenters. The molecular formula is C10H13N3O3. The number of carboxylic acid groups (broad SMARTS) is 1. The number of hydrogen-bond donors (Lipinski definition) is 2. The maximum atomic E-state index is 11.1. The van der Waals surface area contributed by atoms with Gasteiger partial charge in [-0.1, -0.05) is 0 Å². The van der Waals surface area contributed by atoms with E-state index in [2.05, 4.69) is 10.3 Å². The number of nitrogens with one attached hydrogen (secondary N) is 1. The molecule has 1 aromatic rings. The van der Waals surface area contributed by atoms with Crippen LogP contribution in [0.3, 0.4) is 0 Å². The third-order valence-corrected chi connectivity index (χ3v) is 2.05. The highest BCUT2D eigenvalue weighted by Crippen LogP contribution is 2.09. The highest BCUT2D eigenvalue weighted by molar-refractivity contribution is 5.87. The predicted molar refractivity (Wildman–Crippen MR) is 58.5 cm³/mol. The number of anilines is 1. The van der Waals surface area contributed by atoms with Gasteiger partial charge in [0.1, 0.15) is 5.82 Å². The van der Waals surface area contributed by atoms with Gasteiger partial charge in [-0.25, -0.2) is 9.78 Å². The zero-order chi connectivity index (χ0) is 12.1. The molecule has 0 aromatic carbocycles. The fourth-order valence-electron chi connectivity index (χ4n) is 1.11. The van der Waals surface area contributed by atoms with E-state index in [-0.39, 0.29) is 18.0 Å². The van der Waals surface area contributed by atoms with Crippen molar-refractivity contribution in [2.45, 2.75) is 0 Å². The summed E-state index contributed by atoms with van der Waals surface area (Å²) in [7, 11) is 3.26. The molecule has 0 bridgehead atoms. The Labute approximate surface area is 92.9 Å². The van der Waals surface area contributed by atoms with E-state index in [9.17, 15) is 9.59 Å². The summed E-state index contributed by atoms with van der Waals surface area (Å²) in [5.74, 6) is -0.604. The summed E-state index contributed by atoms with van der Waals surface area (Å²) in [5, 5.41) is 11.2. The molecule has 0 saturated carbocycles. The Morgan fingerprint density at radius 1 is 1.50 bits per heavy atom. The second kappa shape index (κ2) is 5.11. The molecule has 0 aliphatic carbocycles. The summed E-state index contributed by atoms with van der Waals surface area (Å²) in [4.78, 5) is 27.3. The van der Waals surface area contributed by atoms with Crippen molar-refractivity contribution < 1.29 is 14.7 Å². The molecule has 0 unspecified atom stereocenters. The van der Waals surface area contributed by atoms with E-state index in [1.807, 2.05) is 0 Å². The molecule has 86 valence electrons. The van der Waals surface area contributed by atoms with Crippen molar-refractivity contribution in [1.82, 2.24) is 10.3 Å². The molecule has 1 rings (SSSR count). The van der Waals surface area contributed by atoms with Crippen molar-refractivity contribution in [3.8, 4) is 0 Å². The molecule has 0 radical (unpaired) electrons. The lowest BCUT2D eigenvalue weighted by molar-refractivity contribution is -0.119. The number of aromatic nitrogens is 1. The number of carbonyl (C=O) groups excluding carboxylic acids is 1. The average molecular weight is 223 g/mol. The van der Waals surface area contributed by atoms with Crippen LogP contribution in [0.25, 0.3) is 0 Å². The monoisotopic (exact) mass is 223 g/mol. The highest BCUT2D eigenvalue weighted by atomic mass is 16.4. The van der Waals surface area contributed by atoms with Crippen LogP contribution in [0, 0.1) is 0 Å². The van der Waals surface area contributed by atoms with Gasteiger partial charge in [0, 0.05) is 20.3 Å². The molecular weight excluding hydrogens is 210 g/mol. The van der Waals surface area contributed by atoms with Crippen molar-refractivity contribution in [2.24, 2.45) is 0 Å². The van der Waals surface area contributed by atoms with Crippen LogP contribution in [0.2, 0.25) is 0 Å². The molecule has 0 spiro atoms. The lowest BCUT2D eigenvalue weighted by Crippen LogP contribution is -2.33. The Morgan fingerprint density at radius 2 is 2.19 bits per heavy atom. The zero-order valence-electron chi connectivity index (χ0n) is 9.10. The fraction of sp³-hybridized carbons (Fsp3) is 0.300. The molecule has 0 saturated heterocycles.